The molecule has 1 atom stereocenters. The summed E-state index contributed by atoms with van der Waals surface area (Å²) in [4.78, 5) is 19.7. The first kappa shape index (κ1) is 16.5. The van der Waals surface area contributed by atoms with Gasteiger partial charge in [-0.05, 0) is 50.5 Å². The maximum atomic E-state index is 13.3. The molecule has 134 valence electrons. The van der Waals surface area contributed by atoms with E-state index in [0.717, 1.165) is 35.9 Å². The third-order valence-corrected chi connectivity index (χ3v) is 5.59. The molecule has 1 saturated heterocycles. The van der Waals surface area contributed by atoms with E-state index in [1.54, 1.807) is 0 Å². The number of aliphatic hydroxyl groups is 2. The molecule has 0 radical (unpaired) electrons. The van der Waals surface area contributed by atoms with Gasteiger partial charge in [0.15, 0.2) is 0 Å². The fourth-order valence-electron chi connectivity index (χ4n) is 4.15. The van der Waals surface area contributed by atoms with Gasteiger partial charge >= 0.3 is 0 Å². The number of carbonyl (C=O) groups is 1. The second kappa shape index (κ2) is 6.38. The molecule has 7 nitrogen and oxygen atoms in total. The highest BCUT2D eigenvalue weighted by molar-refractivity contribution is 6.07. The second-order valence-corrected chi connectivity index (χ2v) is 7.09. The van der Waals surface area contributed by atoms with Gasteiger partial charge in [0, 0.05) is 18.8 Å². The Balaban J connectivity index is 1.66. The van der Waals surface area contributed by atoms with Gasteiger partial charge < -0.3 is 19.6 Å². The number of fused-ring (bicyclic) bond motifs is 2. The lowest BCUT2D eigenvalue weighted by Gasteiger charge is -2.34. The van der Waals surface area contributed by atoms with Gasteiger partial charge in [-0.2, -0.15) is 0 Å². The van der Waals surface area contributed by atoms with Crippen LogP contribution in [0.5, 0.6) is 0 Å². The Kier molecular flexibility index (Phi) is 4.21. The fourth-order valence-corrected chi connectivity index (χ4v) is 4.15. The molecule has 1 aliphatic carbocycles. The van der Waals surface area contributed by atoms with Gasteiger partial charge in [0.25, 0.3) is 11.6 Å². The van der Waals surface area contributed by atoms with Crippen LogP contribution in [0.4, 0.5) is 0 Å². The molecule has 4 rings (SSSR count). The number of aryl methyl sites for hydroxylation is 2. The Morgan fingerprint density at radius 2 is 2.12 bits per heavy atom. The zero-order valence-electron chi connectivity index (χ0n) is 14.4. The molecule has 1 unspecified atom stereocenters. The monoisotopic (exact) mass is 345 g/mol. The first-order valence-corrected chi connectivity index (χ1v) is 8.96. The maximum Gasteiger partial charge on any atom is 0.259 e. The van der Waals surface area contributed by atoms with E-state index in [1.165, 1.54) is 0 Å². The third-order valence-electron chi connectivity index (χ3n) is 5.59. The number of piperidine rings is 1. The zero-order chi connectivity index (χ0) is 17.6. The minimum absolute atomic E-state index is 0.00814. The number of likely N-dealkylation sites (tertiary alicyclic amines) is 1. The van der Waals surface area contributed by atoms with E-state index in [2.05, 4.69) is 10.1 Å². The molecule has 2 N–H and O–H groups in total. The summed E-state index contributed by atoms with van der Waals surface area (Å²) in [6.45, 7) is 2.79. The standard InChI is InChI=1S/C18H23N3O4/c1-10-15-16(12-3-2-4-13(12)19-17(15)25-20-10)18(24)21-7-5-11(6-8-21)14(23)9-22/h11,14,22-23H,2-9H2,1H3. The lowest BCUT2D eigenvalue weighted by molar-refractivity contribution is 0.0179. The summed E-state index contributed by atoms with van der Waals surface area (Å²) in [5.74, 6) is 0.0586. The van der Waals surface area contributed by atoms with Crippen LogP contribution >= 0.6 is 0 Å². The van der Waals surface area contributed by atoms with Crippen LogP contribution in [0.1, 0.15) is 46.6 Å². The molecule has 0 bridgehead atoms. The summed E-state index contributed by atoms with van der Waals surface area (Å²) in [5.41, 5.74) is 3.86. The quantitative estimate of drug-likeness (QED) is 0.868. The molecule has 1 amide bonds. The van der Waals surface area contributed by atoms with E-state index in [0.29, 0.717) is 42.9 Å². The molecule has 2 aromatic rings. The van der Waals surface area contributed by atoms with Gasteiger partial charge in [0.1, 0.15) is 0 Å². The van der Waals surface area contributed by atoms with Crippen LogP contribution in [0.25, 0.3) is 11.1 Å². The van der Waals surface area contributed by atoms with E-state index in [-0.39, 0.29) is 18.4 Å². The predicted octanol–water partition coefficient (Wildman–Crippen LogP) is 1.23. The van der Waals surface area contributed by atoms with Crippen LogP contribution in [0, 0.1) is 12.8 Å². The Bertz CT molecular complexity index is 808. The van der Waals surface area contributed by atoms with Crippen molar-refractivity contribution in [2.45, 2.75) is 45.1 Å². The molecule has 3 heterocycles. The number of pyridine rings is 1. The zero-order valence-corrected chi connectivity index (χ0v) is 14.4. The Hall–Kier alpha value is -1.99. The first-order valence-electron chi connectivity index (χ1n) is 8.96. The van der Waals surface area contributed by atoms with Crippen LogP contribution in [0.3, 0.4) is 0 Å². The van der Waals surface area contributed by atoms with Crippen molar-refractivity contribution in [2.75, 3.05) is 19.7 Å². The molecule has 0 saturated carbocycles. The van der Waals surface area contributed by atoms with E-state index in [9.17, 15) is 9.90 Å². The number of hydrogen-bond acceptors (Lipinski definition) is 6. The highest BCUT2D eigenvalue weighted by atomic mass is 16.5. The van der Waals surface area contributed by atoms with Crippen LogP contribution < -0.4 is 0 Å². The average molecular weight is 345 g/mol. The number of aromatic nitrogens is 2. The third kappa shape index (κ3) is 2.71. The Labute approximate surface area is 145 Å². The fraction of sp³-hybridized carbons (Fsp3) is 0.611. The Morgan fingerprint density at radius 3 is 2.84 bits per heavy atom. The van der Waals surface area contributed by atoms with Crippen molar-refractivity contribution in [3.8, 4) is 0 Å². The summed E-state index contributed by atoms with van der Waals surface area (Å²) >= 11 is 0. The molecule has 0 aromatic carbocycles. The van der Waals surface area contributed by atoms with E-state index < -0.39 is 6.10 Å². The van der Waals surface area contributed by atoms with Crippen LogP contribution in [0.2, 0.25) is 0 Å². The van der Waals surface area contributed by atoms with E-state index in [1.807, 2.05) is 11.8 Å². The number of nitrogens with zero attached hydrogens (tertiary/aromatic N) is 3. The molecular formula is C18H23N3O4. The van der Waals surface area contributed by atoms with Crippen molar-refractivity contribution in [1.82, 2.24) is 15.0 Å². The van der Waals surface area contributed by atoms with Gasteiger partial charge in [0.05, 0.1) is 29.4 Å². The minimum Gasteiger partial charge on any atom is -0.394 e. The van der Waals surface area contributed by atoms with Crippen LogP contribution in [-0.2, 0) is 12.8 Å². The number of rotatable bonds is 3. The summed E-state index contributed by atoms with van der Waals surface area (Å²) in [5, 5.41) is 23.7. The van der Waals surface area contributed by atoms with Crippen LogP contribution in [0.15, 0.2) is 4.52 Å². The molecule has 2 aromatic heterocycles. The summed E-state index contributed by atoms with van der Waals surface area (Å²) in [7, 11) is 0. The highest BCUT2D eigenvalue weighted by Gasteiger charge is 2.32. The molecule has 7 heteroatoms. The number of hydrogen-bond donors (Lipinski definition) is 2. The van der Waals surface area contributed by atoms with Gasteiger partial charge in [-0.25, -0.2) is 4.98 Å². The normalized spacial score (nSPS) is 19.4. The summed E-state index contributed by atoms with van der Waals surface area (Å²) in [6.07, 6.45) is 3.44. The number of aliphatic hydroxyl groups excluding tert-OH is 2. The van der Waals surface area contributed by atoms with Crippen molar-refractivity contribution in [3.63, 3.8) is 0 Å². The largest absolute Gasteiger partial charge is 0.394 e. The lowest BCUT2D eigenvalue weighted by Crippen LogP contribution is -2.42. The Morgan fingerprint density at radius 1 is 1.36 bits per heavy atom. The number of amides is 1. The average Bonchev–Trinajstić information content (AvgIpc) is 3.25. The van der Waals surface area contributed by atoms with Crippen LogP contribution in [-0.4, -0.2) is 57.0 Å². The first-order chi connectivity index (χ1) is 12.1. The molecule has 25 heavy (non-hydrogen) atoms. The molecular weight excluding hydrogens is 322 g/mol. The van der Waals surface area contributed by atoms with Gasteiger partial charge in [-0.3, -0.25) is 4.79 Å². The minimum atomic E-state index is -0.700. The smallest absolute Gasteiger partial charge is 0.259 e. The van der Waals surface area contributed by atoms with E-state index >= 15 is 0 Å². The topological polar surface area (TPSA) is 99.7 Å². The van der Waals surface area contributed by atoms with Crippen molar-refractivity contribution >= 4 is 17.0 Å². The van der Waals surface area contributed by atoms with E-state index in [4.69, 9.17) is 9.63 Å². The van der Waals surface area contributed by atoms with Crippen molar-refractivity contribution < 1.29 is 19.5 Å². The molecule has 2 aliphatic rings. The van der Waals surface area contributed by atoms with Gasteiger partial charge in [0.2, 0.25) is 0 Å². The number of carbonyl (C=O) groups excluding carboxylic acids is 1. The van der Waals surface area contributed by atoms with Crippen molar-refractivity contribution in [3.05, 3.63) is 22.5 Å². The molecule has 1 aliphatic heterocycles. The SMILES string of the molecule is Cc1noc2nc3c(c(C(=O)N4CCC(C(O)CO)CC4)c12)CCC3. The highest BCUT2D eigenvalue weighted by Crippen LogP contribution is 2.33. The van der Waals surface area contributed by atoms with Crippen molar-refractivity contribution in [2.24, 2.45) is 5.92 Å². The lowest BCUT2D eigenvalue weighted by atomic mass is 9.91. The summed E-state index contributed by atoms with van der Waals surface area (Å²) in [6, 6.07) is 0. The molecule has 0 spiro atoms. The van der Waals surface area contributed by atoms with Gasteiger partial charge in [-0.15, -0.1) is 0 Å². The predicted molar refractivity (Wildman–Crippen MR) is 90.3 cm³/mol. The van der Waals surface area contributed by atoms with Gasteiger partial charge in [-0.1, -0.05) is 5.16 Å². The molecule has 1 fully saturated rings. The van der Waals surface area contributed by atoms with Crippen molar-refractivity contribution in [1.29, 1.82) is 0 Å². The summed E-state index contributed by atoms with van der Waals surface area (Å²) < 4.78 is 5.32. The second-order valence-electron chi connectivity index (χ2n) is 7.09. The maximum absolute atomic E-state index is 13.3.